The summed E-state index contributed by atoms with van der Waals surface area (Å²) in [4.78, 5) is 31.5. The molecule has 1 aromatic heterocycles. The van der Waals surface area contributed by atoms with E-state index in [2.05, 4.69) is 4.98 Å². The standard InChI is InChI=1S/C29H35F2N2O7P/c1-27(2,3)39-25(36)33(26(37)40-28(4,5)6)15-17-14-22(38-19-11-9-18(10-12-19)29(30,31)41)24-20(8-7-13-32-24)23(17)21(35)16-34/h7-14,21,34-35H,15-16,41H2,1-6H3. The van der Waals surface area contributed by atoms with Crippen molar-refractivity contribution in [2.75, 3.05) is 6.61 Å². The van der Waals surface area contributed by atoms with Crippen molar-refractivity contribution < 1.29 is 42.8 Å². The van der Waals surface area contributed by atoms with Crippen molar-refractivity contribution in [1.29, 1.82) is 0 Å². The average molecular weight is 593 g/mol. The van der Waals surface area contributed by atoms with Gasteiger partial charge in [-0.1, -0.05) is 15.3 Å². The van der Waals surface area contributed by atoms with Crippen molar-refractivity contribution >= 4 is 32.3 Å². The van der Waals surface area contributed by atoms with E-state index in [1.165, 1.54) is 45.8 Å². The molecule has 0 spiro atoms. The lowest BCUT2D eigenvalue weighted by Gasteiger charge is -2.29. The Morgan fingerprint density at radius 2 is 1.56 bits per heavy atom. The Morgan fingerprint density at radius 1 is 1.00 bits per heavy atom. The van der Waals surface area contributed by atoms with Crippen LogP contribution in [0.15, 0.2) is 48.7 Å². The first-order valence-corrected chi connectivity index (χ1v) is 13.4. The molecule has 2 amide bonds. The van der Waals surface area contributed by atoms with Gasteiger partial charge < -0.3 is 24.4 Å². The Hall–Kier alpha value is -3.40. The van der Waals surface area contributed by atoms with Crippen molar-refractivity contribution in [3.05, 3.63) is 65.4 Å². The Kier molecular flexibility index (Phi) is 9.58. The molecule has 3 rings (SSSR count). The quantitative estimate of drug-likeness (QED) is 0.293. The SMILES string of the molecule is CC(C)(C)OC(=O)N(Cc1cc(Oc2ccc(C(F)(F)P)cc2)c2ncccc2c1C(O)CO)C(=O)OC(C)(C)C. The summed E-state index contributed by atoms with van der Waals surface area (Å²) in [6.45, 7) is 8.78. The number of carbonyl (C=O) groups excluding carboxylic acids is 2. The van der Waals surface area contributed by atoms with Gasteiger partial charge in [-0.2, -0.15) is 8.78 Å². The number of amides is 2. The summed E-state index contributed by atoms with van der Waals surface area (Å²) in [6, 6.07) is 9.88. The number of nitrogens with zero attached hydrogens (tertiary/aromatic N) is 2. The molecule has 0 aliphatic heterocycles. The lowest BCUT2D eigenvalue weighted by Crippen LogP contribution is -2.43. The van der Waals surface area contributed by atoms with E-state index in [0.717, 1.165) is 4.90 Å². The minimum Gasteiger partial charge on any atom is -0.455 e. The first-order chi connectivity index (χ1) is 18.9. The fourth-order valence-electron chi connectivity index (χ4n) is 3.87. The van der Waals surface area contributed by atoms with Gasteiger partial charge in [0, 0.05) is 17.1 Å². The third kappa shape index (κ3) is 8.55. The molecule has 2 unspecified atom stereocenters. The Balaban J connectivity index is 2.17. The number of hydrogen-bond donors (Lipinski definition) is 2. The number of alkyl halides is 2. The lowest BCUT2D eigenvalue weighted by atomic mass is 9.96. The zero-order valence-electron chi connectivity index (χ0n) is 23.8. The number of rotatable bonds is 7. The molecule has 41 heavy (non-hydrogen) atoms. The number of fused-ring (bicyclic) bond motifs is 1. The second kappa shape index (κ2) is 12.2. The van der Waals surface area contributed by atoms with Crippen LogP contribution in [0.1, 0.15) is 64.3 Å². The van der Waals surface area contributed by atoms with Gasteiger partial charge in [0.05, 0.1) is 13.2 Å². The molecular weight excluding hydrogens is 557 g/mol. The Labute approximate surface area is 239 Å². The summed E-state index contributed by atoms with van der Waals surface area (Å²) in [5.41, 5.74) is -4.50. The van der Waals surface area contributed by atoms with E-state index in [4.69, 9.17) is 14.2 Å². The summed E-state index contributed by atoms with van der Waals surface area (Å²) >= 11 is 0. The number of halogens is 2. The van der Waals surface area contributed by atoms with Gasteiger partial charge in [-0.05, 0) is 89.1 Å². The molecule has 9 nitrogen and oxygen atoms in total. The minimum absolute atomic E-state index is 0.156. The van der Waals surface area contributed by atoms with Crippen molar-refractivity contribution in [1.82, 2.24) is 9.88 Å². The first kappa shape index (κ1) is 32.1. The molecule has 2 N–H and O–H groups in total. The molecule has 0 bridgehead atoms. The van der Waals surface area contributed by atoms with E-state index in [0.29, 0.717) is 10.9 Å². The van der Waals surface area contributed by atoms with Crippen molar-refractivity contribution in [2.24, 2.45) is 0 Å². The van der Waals surface area contributed by atoms with E-state index in [9.17, 15) is 28.6 Å². The number of imide groups is 1. The van der Waals surface area contributed by atoms with Gasteiger partial charge in [0.25, 0.3) is 5.66 Å². The van der Waals surface area contributed by atoms with E-state index in [-0.39, 0.29) is 28.2 Å². The highest BCUT2D eigenvalue weighted by molar-refractivity contribution is 7.17. The van der Waals surface area contributed by atoms with Gasteiger partial charge in [0.2, 0.25) is 0 Å². The van der Waals surface area contributed by atoms with Crippen LogP contribution < -0.4 is 4.74 Å². The zero-order chi connectivity index (χ0) is 30.8. The zero-order valence-corrected chi connectivity index (χ0v) is 24.9. The van der Waals surface area contributed by atoms with E-state index in [1.54, 1.807) is 53.7 Å². The number of benzene rings is 2. The summed E-state index contributed by atoms with van der Waals surface area (Å²) in [7, 11) is 1.47. The average Bonchev–Trinajstić information content (AvgIpc) is 2.84. The lowest BCUT2D eigenvalue weighted by molar-refractivity contribution is -0.000531. The predicted molar refractivity (Wildman–Crippen MR) is 152 cm³/mol. The molecule has 0 saturated carbocycles. The molecule has 0 aliphatic carbocycles. The summed E-state index contributed by atoms with van der Waals surface area (Å²) in [5, 5.41) is 21.1. The molecule has 1 heterocycles. The number of aromatic nitrogens is 1. The summed E-state index contributed by atoms with van der Waals surface area (Å²) in [6.07, 6.45) is -1.89. The van der Waals surface area contributed by atoms with Crippen LogP contribution >= 0.6 is 9.24 Å². The second-order valence-electron chi connectivity index (χ2n) is 11.3. The van der Waals surface area contributed by atoms with Gasteiger partial charge >= 0.3 is 12.2 Å². The monoisotopic (exact) mass is 592 g/mol. The smallest absolute Gasteiger partial charge is 0.420 e. The molecule has 2 atom stereocenters. The normalized spacial score (nSPS) is 13.0. The van der Waals surface area contributed by atoms with Crippen LogP contribution in [0.4, 0.5) is 18.4 Å². The summed E-state index contributed by atoms with van der Waals surface area (Å²) < 4.78 is 44.3. The highest BCUT2D eigenvalue weighted by Gasteiger charge is 2.33. The molecule has 0 aliphatic rings. The maximum absolute atomic E-state index is 13.7. The van der Waals surface area contributed by atoms with E-state index in [1.807, 2.05) is 0 Å². The molecule has 222 valence electrons. The molecule has 0 fully saturated rings. The molecule has 2 aromatic carbocycles. The van der Waals surface area contributed by atoms with E-state index >= 15 is 0 Å². The van der Waals surface area contributed by atoms with Crippen LogP contribution in [-0.2, 0) is 21.7 Å². The molecule has 12 heteroatoms. The van der Waals surface area contributed by atoms with Gasteiger partial charge in [-0.15, -0.1) is 0 Å². The maximum atomic E-state index is 13.7. The number of carbonyl (C=O) groups is 2. The highest BCUT2D eigenvalue weighted by Crippen LogP contribution is 2.39. The first-order valence-electron chi connectivity index (χ1n) is 12.8. The number of ether oxygens (including phenoxy) is 3. The third-order valence-corrected chi connectivity index (χ3v) is 5.85. The van der Waals surface area contributed by atoms with Crippen molar-refractivity contribution in [2.45, 2.75) is 71.1 Å². The topological polar surface area (TPSA) is 118 Å². The molecule has 0 radical (unpaired) electrons. The fraction of sp³-hybridized carbons (Fsp3) is 0.414. The Morgan fingerprint density at radius 3 is 2.05 bits per heavy atom. The van der Waals surface area contributed by atoms with Crippen LogP contribution in [0.3, 0.4) is 0 Å². The van der Waals surface area contributed by atoms with Crippen LogP contribution in [-0.4, -0.2) is 50.1 Å². The minimum atomic E-state index is -3.12. The molecule has 0 saturated heterocycles. The number of hydrogen-bond acceptors (Lipinski definition) is 8. The van der Waals surface area contributed by atoms with Gasteiger partial charge in [0.15, 0.2) is 5.75 Å². The maximum Gasteiger partial charge on any atom is 0.420 e. The molecular formula is C29H35F2N2O7P. The largest absolute Gasteiger partial charge is 0.455 e. The van der Waals surface area contributed by atoms with Crippen molar-refractivity contribution in [3.63, 3.8) is 0 Å². The fourth-order valence-corrected chi connectivity index (χ4v) is 4.06. The third-order valence-electron chi connectivity index (χ3n) is 5.51. The highest BCUT2D eigenvalue weighted by atomic mass is 31.0. The van der Waals surface area contributed by atoms with Gasteiger partial charge in [-0.3, -0.25) is 4.98 Å². The van der Waals surface area contributed by atoms with Crippen LogP contribution in [0.2, 0.25) is 0 Å². The molecule has 3 aromatic rings. The predicted octanol–water partition coefficient (Wildman–Crippen LogP) is 6.65. The number of pyridine rings is 1. The van der Waals surface area contributed by atoms with E-state index < -0.39 is 48.3 Å². The van der Waals surface area contributed by atoms with Gasteiger partial charge in [-0.25, -0.2) is 14.5 Å². The number of aliphatic hydroxyl groups is 2. The van der Waals surface area contributed by atoms with Crippen LogP contribution in [0, 0.1) is 0 Å². The second-order valence-corrected chi connectivity index (χ2v) is 12.1. The van der Waals surface area contributed by atoms with Crippen LogP contribution in [0.5, 0.6) is 11.5 Å². The van der Waals surface area contributed by atoms with Crippen molar-refractivity contribution in [3.8, 4) is 11.5 Å². The van der Waals surface area contributed by atoms with Crippen LogP contribution in [0.25, 0.3) is 10.9 Å². The number of aliphatic hydroxyl groups excluding tert-OH is 2. The van der Waals surface area contributed by atoms with Gasteiger partial charge in [0.1, 0.15) is 28.6 Å². The Bertz CT molecular complexity index is 1370. The summed E-state index contributed by atoms with van der Waals surface area (Å²) in [5.74, 6) is 0.371.